The van der Waals surface area contributed by atoms with Gasteiger partial charge in [0.05, 0.1) is 22.7 Å². The molecule has 1 aromatic carbocycles. The number of hydrogen-bond donors (Lipinski definition) is 0. The molecule has 1 saturated heterocycles. The van der Waals surface area contributed by atoms with E-state index < -0.39 is 0 Å². The molecular formula is C16H14ClN3. The van der Waals surface area contributed by atoms with E-state index in [9.17, 15) is 0 Å². The highest BCUT2D eigenvalue weighted by Crippen LogP contribution is 2.38. The number of anilines is 1. The predicted molar refractivity (Wildman–Crippen MR) is 80.6 cm³/mol. The Balaban J connectivity index is 2.05. The van der Waals surface area contributed by atoms with Crippen molar-refractivity contribution >= 4 is 17.3 Å². The molecule has 0 spiro atoms. The first-order valence-corrected chi connectivity index (χ1v) is 7.01. The molecule has 1 aromatic heterocycles. The lowest BCUT2D eigenvalue weighted by atomic mass is 10.1. The lowest BCUT2D eigenvalue weighted by Crippen LogP contribution is -2.20. The Hall–Kier alpha value is -2.05. The van der Waals surface area contributed by atoms with Crippen LogP contribution < -0.4 is 4.90 Å². The monoisotopic (exact) mass is 283 g/mol. The van der Waals surface area contributed by atoms with Crippen molar-refractivity contribution in [1.29, 1.82) is 5.26 Å². The van der Waals surface area contributed by atoms with Crippen molar-refractivity contribution in [2.75, 3.05) is 18.0 Å². The average Bonchev–Trinajstić information content (AvgIpc) is 2.96. The number of rotatable bonds is 2. The Morgan fingerprint density at radius 1 is 1.25 bits per heavy atom. The van der Waals surface area contributed by atoms with Crippen LogP contribution in [-0.4, -0.2) is 18.1 Å². The number of nitriles is 1. The Labute approximate surface area is 123 Å². The number of nitrogens with zero attached hydrogens (tertiary/aromatic N) is 3. The molecule has 0 aliphatic carbocycles. The van der Waals surface area contributed by atoms with Crippen LogP contribution in [-0.2, 0) is 0 Å². The fraction of sp³-hybridized carbons (Fsp3) is 0.250. The Bertz CT molecular complexity index is 649. The molecule has 1 unspecified atom stereocenters. The first kappa shape index (κ1) is 13.0. The zero-order valence-electron chi connectivity index (χ0n) is 11.0. The minimum atomic E-state index is 0.0860. The largest absolute Gasteiger partial charge is 0.368 e. The van der Waals surface area contributed by atoms with Gasteiger partial charge in [0.2, 0.25) is 0 Å². The van der Waals surface area contributed by atoms with Crippen LogP contribution in [0.2, 0.25) is 5.02 Å². The SMILES string of the molecule is N#CC1CCN(c2c(Cl)cncc2-c2ccccc2)C1. The summed E-state index contributed by atoms with van der Waals surface area (Å²) in [6.07, 6.45) is 4.41. The average molecular weight is 284 g/mol. The second-order valence-electron chi connectivity index (χ2n) is 4.94. The maximum Gasteiger partial charge on any atom is 0.0829 e. The van der Waals surface area contributed by atoms with Crippen LogP contribution in [0.5, 0.6) is 0 Å². The van der Waals surface area contributed by atoms with E-state index in [1.54, 1.807) is 6.20 Å². The van der Waals surface area contributed by atoms with Crippen molar-refractivity contribution < 1.29 is 0 Å². The third kappa shape index (κ3) is 2.35. The van der Waals surface area contributed by atoms with Crippen molar-refractivity contribution in [2.24, 2.45) is 5.92 Å². The van der Waals surface area contributed by atoms with Gasteiger partial charge in [-0.3, -0.25) is 4.98 Å². The van der Waals surface area contributed by atoms with E-state index in [1.807, 2.05) is 24.4 Å². The summed E-state index contributed by atoms with van der Waals surface area (Å²) in [5.74, 6) is 0.0860. The predicted octanol–water partition coefficient (Wildman–Crippen LogP) is 3.75. The summed E-state index contributed by atoms with van der Waals surface area (Å²) < 4.78 is 0. The second kappa shape index (κ2) is 5.52. The van der Waals surface area contributed by atoms with Crippen LogP contribution in [0.15, 0.2) is 42.7 Å². The molecule has 0 bridgehead atoms. The van der Waals surface area contributed by atoms with Gasteiger partial charge in [0, 0.05) is 31.0 Å². The van der Waals surface area contributed by atoms with Gasteiger partial charge < -0.3 is 4.90 Å². The molecule has 1 aliphatic rings. The number of pyridine rings is 1. The number of halogens is 1. The molecule has 0 saturated carbocycles. The van der Waals surface area contributed by atoms with E-state index in [2.05, 4.69) is 28.1 Å². The third-order valence-electron chi connectivity index (χ3n) is 3.64. The molecule has 100 valence electrons. The van der Waals surface area contributed by atoms with Crippen molar-refractivity contribution in [3.63, 3.8) is 0 Å². The fourth-order valence-corrected chi connectivity index (χ4v) is 2.92. The summed E-state index contributed by atoms with van der Waals surface area (Å²) in [5, 5.41) is 9.71. The van der Waals surface area contributed by atoms with Gasteiger partial charge in [-0.1, -0.05) is 41.9 Å². The first-order chi connectivity index (χ1) is 9.79. The highest BCUT2D eigenvalue weighted by molar-refractivity contribution is 6.33. The topological polar surface area (TPSA) is 39.9 Å². The standard InChI is InChI=1S/C16H14ClN3/c17-15-10-19-9-14(13-4-2-1-3-5-13)16(15)20-7-6-12(8-18)11-20/h1-5,9-10,12H,6-7,11H2. The van der Waals surface area contributed by atoms with E-state index in [1.165, 1.54) is 0 Å². The molecule has 4 heteroatoms. The third-order valence-corrected chi connectivity index (χ3v) is 3.92. The molecule has 0 amide bonds. The number of aromatic nitrogens is 1. The Morgan fingerprint density at radius 3 is 2.75 bits per heavy atom. The lowest BCUT2D eigenvalue weighted by Gasteiger charge is -2.22. The zero-order chi connectivity index (χ0) is 13.9. The molecule has 2 aromatic rings. The first-order valence-electron chi connectivity index (χ1n) is 6.63. The quantitative estimate of drug-likeness (QED) is 0.843. The molecule has 2 heterocycles. The van der Waals surface area contributed by atoms with Crippen molar-refractivity contribution in [2.45, 2.75) is 6.42 Å². The number of hydrogen-bond acceptors (Lipinski definition) is 3. The molecule has 1 atom stereocenters. The van der Waals surface area contributed by atoms with E-state index in [-0.39, 0.29) is 5.92 Å². The van der Waals surface area contributed by atoms with E-state index >= 15 is 0 Å². The number of benzene rings is 1. The molecule has 3 rings (SSSR count). The van der Waals surface area contributed by atoms with Crippen LogP contribution in [0.3, 0.4) is 0 Å². The highest BCUT2D eigenvalue weighted by atomic mass is 35.5. The highest BCUT2D eigenvalue weighted by Gasteiger charge is 2.26. The summed E-state index contributed by atoms with van der Waals surface area (Å²) in [7, 11) is 0. The van der Waals surface area contributed by atoms with Gasteiger partial charge in [0.1, 0.15) is 0 Å². The van der Waals surface area contributed by atoms with Crippen molar-refractivity contribution in [3.05, 3.63) is 47.7 Å². The van der Waals surface area contributed by atoms with E-state index in [0.717, 1.165) is 36.3 Å². The molecule has 0 radical (unpaired) electrons. The van der Waals surface area contributed by atoms with Gasteiger partial charge in [-0.15, -0.1) is 0 Å². The molecule has 3 nitrogen and oxygen atoms in total. The summed E-state index contributed by atoms with van der Waals surface area (Å²) in [4.78, 5) is 6.40. The van der Waals surface area contributed by atoms with Crippen molar-refractivity contribution in [1.82, 2.24) is 4.98 Å². The fourth-order valence-electron chi connectivity index (χ4n) is 2.65. The van der Waals surface area contributed by atoms with Crippen LogP contribution in [0.4, 0.5) is 5.69 Å². The smallest absolute Gasteiger partial charge is 0.0829 e. The molecular weight excluding hydrogens is 270 g/mol. The maximum absolute atomic E-state index is 9.06. The van der Waals surface area contributed by atoms with E-state index in [4.69, 9.17) is 16.9 Å². The van der Waals surface area contributed by atoms with Gasteiger partial charge in [0.15, 0.2) is 0 Å². The molecule has 1 fully saturated rings. The molecule has 1 aliphatic heterocycles. The van der Waals surface area contributed by atoms with Gasteiger partial charge in [-0.2, -0.15) is 5.26 Å². The Kier molecular flexibility index (Phi) is 3.58. The second-order valence-corrected chi connectivity index (χ2v) is 5.35. The Morgan fingerprint density at radius 2 is 2.05 bits per heavy atom. The van der Waals surface area contributed by atoms with Crippen molar-refractivity contribution in [3.8, 4) is 17.2 Å². The van der Waals surface area contributed by atoms with Crippen LogP contribution in [0, 0.1) is 17.2 Å². The maximum atomic E-state index is 9.06. The van der Waals surface area contributed by atoms with Gasteiger partial charge >= 0.3 is 0 Å². The summed E-state index contributed by atoms with van der Waals surface area (Å²) in [6, 6.07) is 12.4. The molecule has 20 heavy (non-hydrogen) atoms. The van der Waals surface area contributed by atoms with Gasteiger partial charge in [-0.25, -0.2) is 0 Å². The summed E-state index contributed by atoms with van der Waals surface area (Å²) in [6.45, 7) is 1.60. The summed E-state index contributed by atoms with van der Waals surface area (Å²) >= 11 is 6.36. The van der Waals surface area contributed by atoms with Gasteiger partial charge in [0.25, 0.3) is 0 Å². The van der Waals surface area contributed by atoms with Gasteiger partial charge in [-0.05, 0) is 12.0 Å². The summed E-state index contributed by atoms with van der Waals surface area (Å²) in [5.41, 5.74) is 3.11. The minimum Gasteiger partial charge on any atom is -0.368 e. The zero-order valence-corrected chi connectivity index (χ0v) is 11.7. The van der Waals surface area contributed by atoms with Crippen LogP contribution >= 0.6 is 11.6 Å². The molecule has 0 N–H and O–H groups in total. The van der Waals surface area contributed by atoms with Crippen LogP contribution in [0.1, 0.15) is 6.42 Å². The van der Waals surface area contributed by atoms with Crippen LogP contribution in [0.25, 0.3) is 11.1 Å². The van der Waals surface area contributed by atoms with E-state index in [0.29, 0.717) is 5.02 Å². The minimum absolute atomic E-state index is 0.0860. The normalized spacial score (nSPS) is 18.0. The lowest BCUT2D eigenvalue weighted by molar-refractivity contribution is 0.755.